The Hall–Kier alpha value is -0.313. The molecular formula is C13H28O2Si. The Morgan fingerprint density at radius 1 is 1.12 bits per heavy atom. The fourth-order valence-electron chi connectivity index (χ4n) is 1.84. The third kappa shape index (κ3) is 7.04. The highest BCUT2D eigenvalue weighted by Gasteiger charge is 2.23. The van der Waals surface area contributed by atoms with Gasteiger partial charge in [-0.05, 0) is 12.8 Å². The zero-order chi connectivity index (χ0) is 12.4. The van der Waals surface area contributed by atoms with Crippen LogP contribution in [0.3, 0.4) is 0 Å². The molecule has 0 saturated heterocycles. The molecule has 0 radical (unpaired) electrons. The molecule has 16 heavy (non-hydrogen) atoms. The molecule has 0 spiro atoms. The monoisotopic (exact) mass is 244 g/mol. The highest BCUT2D eigenvalue weighted by Crippen LogP contribution is 2.19. The Kier molecular flexibility index (Phi) is 9.69. The standard InChI is InChI=1S/C13H28O2Si/c1-5-7-8-9-11-15-13(14)12(10-6-2)16(3)4/h12,16H,5-11H2,1-4H3. The third-order valence-electron chi connectivity index (χ3n) is 2.95. The largest absolute Gasteiger partial charge is 0.466 e. The van der Waals surface area contributed by atoms with Crippen LogP contribution < -0.4 is 0 Å². The van der Waals surface area contributed by atoms with Gasteiger partial charge in [-0.3, -0.25) is 4.79 Å². The van der Waals surface area contributed by atoms with Crippen LogP contribution in [0.1, 0.15) is 52.4 Å². The summed E-state index contributed by atoms with van der Waals surface area (Å²) in [6.07, 6.45) is 6.78. The van der Waals surface area contributed by atoms with Crippen LogP contribution in [-0.4, -0.2) is 21.4 Å². The number of unbranched alkanes of at least 4 members (excludes halogenated alkanes) is 3. The summed E-state index contributed by atoms with van der Waals surface area (Å²) in [7, 11) is -0.900. The minimum Gasteiger partial charge on any atom is -0.466 e. The van der Waals surface area contributed by atoms with E-state index in [1.807, 2.05) is 0 Å². The summed E-state index contributed by atoms with van der Waals surface area (Å²) in [6, 6.07) is 0. The molecule has 0 aromatic rings. The third-order valence-corrected chi connectivity index (χ3v) is 5.16. The van der Waals surface area contributed by atoms with Crippen LogP contribution in [0.25, 0.3) is 0 Å². The Labute approximate surface area is 102 Å². The van der Waals surface area contributed by atoms with Gasteiger partial charge in [0.25, 0.3) is 0 Å². The van der Waals surface area contributed by atoms with Crippen molar-refractivity contribution < 1.29 is 9.53 Å². The fourth-order valence-corrected chi connectivity index (χ4v) is 3.48. The van der Waals surface area contributed by atoms with Crippen molar-refractivity contribution in [1.29, 1.82) is 0 Å². The number of rotatable bonds is 9. The van der Waals surface area contributed by atoms with E-state index in [2.05, 4.69) is 26.9 Å². The molecule has 0 amide bonds. The van der Waals surface area contributed by atoms with Crippen molar-refractivity contribution in [2.45, 2.75) is 71.0 Å². The maximum Gasteiger partial charge on any atom is 0.305 e. The van der Waals surface area contributed by atoms with Gasteiger partial charge in [-0.15, -0.1) is 0 Å². The van der Waals surface area contributed by atoms with Gasteiger partial charge in [0.05, 0.1) is 6.61 Å². The van der Waals surface area contributed by atoms with Crippen molar-refractivity contribution >= 4 is 14.8 Å². The summed E-state index contributed by atoms with van der Waals surface area (Å²) < 4.78 is 5.36. The summed E-state index contributed by atoms with van der Waals surface area (Å²) in [5.41, 5.74) is 0.233. The molecule has 0 bridgehead atoms. The molecule has 96 valence electrons. The molecule has 0 aromatic heterocycles. The molecule has 0 aliphatic rings. The Morgan fingerprint density at radius 3 is 2.31 bits per heavy atom. The Bertz CT molecular complexity index is 181. The van der Waals surface area contributed by atoms with Gasteiger partial charge >= 0.3 is 5.97 Å². The van der Waals surface area contributed by atoms with Crippen molar-refractivity contribution in [3.05, 3.63) is 0 Å². The van der Waals surface area contributed by atoms with Gasteiger partial charge in [0.15, 0.2) is 0 Å². The molecule has 0 aromatic carbocycles. The van der Waals surface area contributed by atoms with Crippen LogP contribution in [0, 0.1) is 0 Å². The second-order valence-electron chi connectivity index (χ2n) is 4.87. The molecule has 0 fully saturated rings. The van der Waals surface area contributed by atoms with E-state index in [1.165, 1.54) is 19.3 Å². The van der Waals surface area contributed by atoms with Gasteiger partial charge in [-0.2, -0.15) is 0 Å². The lowest BCUT2D eigenvalue weighted by atomic mass is 10.2. The van der Waals surface area contributed by atoms with Gasteiger partial charge in [0.1, 0.15) is 0 Å². The van der Waals surface area contributed by atoms with Crippen LogP contribution in [-0.2, 0) is 9.53 Å². The van der Waals surface area contributed by atoms with Crippen LogP contribution in [0.4, 0.5) is 0 Å². The normalized spacial score (nSPS) is 12.8. The van der Waals surface area contributed by atoms with Gasteiger partial charge in [0, 0.05) is 14.3 Å². The first-order chi connectivity index (χ1) is 7.63. The average molecular weight is 244 g/mol. The van der Waals surface area contributed by atoms with E-state index in [-0.39, 0.29) is 11.5 Å². The molecule has 0 aliphatic heterocycles. The van der Waals surface area contributed by atoms with Gasteiger partial charge in [-0.25, -0.2) is 0 Å². The SMILES string of the molecule is CCCCCCOC(=O)C(CCC)[SiH](C)C. The van der Waals surface area contributed by atoms with Crippen LogP contribution >= 0.6 is 0 Å². The molecule has 0 saturated carbocycles. The highest BCUT2D eigenvalue weighted by molar-refractivity contribution is 6.61. The molecule has 0 aliphatic carbocycles. The van der Waals surface area contributed by atoms with E-state index in [0.717, 1.165) is 19.3 Å². The van der Waals surface area contributed by atoms with Gasteiger partial charge in [-0.1, -0.05) is 52.6 Å². The summed E-state index contributed by atoms with van der Waals surface area (Å²) in [6.45, 7) is 9.42. The van der Waals surface area contributed by atoms with Gasteiger partial charge in [0.2, 0.25) is 0 Å². The summed E-state index contributed by atoms with van der Waals surface area (Å²) in [5.74, 6) is 0.0695. The van der Waals surface area contributed by atoms with Gasteiger partial charge < -0.3 is 4.74 Å². The molecule has 0 heterocycles. The summed E-state index contributed by atoms with van der Waals surface area (Å²) >= 11 is 0. The zero-order valence-electron chi connectivity index (χ0n) is 11.4. The molecular weight excluding hydrogens is 216 g/mol. The van der Waals surface area contributed by atoms with Crippen LogP contribution in [0.15, 0.2) is 0 Å². The maximum atomic E-state index is 11.8. The highest BCUT2D eigenvalue weighted by atomic mass is 28.3. The van der Waals surface area contributed by atoms with Crippen molar-refractivity contribution in [2.24, 2.45) is 0 Å². The molecule has 1 atom stereocenters. The van der Waals surface area contributed by atoms with E-state index in [4.69, 9.17) is 4.74 Å². The fraction of sp³-hybridized carbons (Fsp3) is 0.923. The Morgan fingerprint density at radius 2 is 1.81 bits per heavy atom. The molecule has 2 nitrogen and oxygen atoms in total. The van der Waals surface area contributed by atoms with E-state index >= 15 is 0 Å². The summed E-state index contributed by atoms with van der Waals surface area (Å²) in [5, 5.41) is 0. The summed E-state index contributed by atoms with van der Waals surface area (Å²) in [4.78, 5) is 11.8. The van der Waals surface area contributed by atoms with Crippen molar-refractivity contribution in [3.63, 3.8) is 0 Å². The lowest BCUT2D eigenvalue weighted by Crippen LogP contribution is -2.23. The minimum atomic E-state index is -0.900. The van der Waals surface area contributed by atoms with E-state index in [1.54, 1.807) is 0 Å². The Balaban J connectivity index is 3.74. The average Bonchev–Trinajstić information content (AvgIpc) is 2.24. The van der Waals surface area contributed by atoms with E-state index in [9.17, 15) is 4.79 Å². The first kappa shape index (κ1) is 15.7. The van der Waals surface area contributed by atoms with Crippen molar-refractivity contribution in [1.82, 2.24) is 0 Å². The van der Waals surface area contributed by atoms with Crippen LogP contribution in [0.5, 0.6) is 0 Å². The first-order valence-electron chi connectivity index (χ1n) is 6.80. The second-order valence-corrected chi connectivity index (χ2v) is 8.16. The smallest absolute Gasteiger partial charge is 0.305 e. The number of hydrogen-bond acceptors (Lipinski definition) is 2. The minimum absolute atomic E-state index is 0.0695. The van der Waals surface area contributed by atoms with Crippen molar-refractivity contribution in [2.75, 3.05) is 6.61 Å². The topological polar surface area (TPSA) is 26.3 Å². The molecule has 3 heteroatoms. The predicted molar refractivity (Wildman–Crippen MR) is 72.6 cm³/mol. The lowest BCUT2D eigenvalue weighted by molar-refractivity contribution is -0.143. The maximum absolute atomic E-state index is 11.8. The zero-order valence-corrected chi connectivity index (χ0v) is 12.6. The predicted octanol–water partition coefficient (Wildman–Crippen LogP) is 3.77. The second kappa shape index (κ2) is 9.88. The van der Waals surface area contributed by atoms with Crippen LogP contribution in [0.2, 0.25) is 18.6 Å². The number of hydrogen-bond donors (Lipinski definition) is 0. The molecule has 0 N–H and O–H groups in total. The number of esters is 1. The van der Waals surface area contributed by atoms with Crippen molar-refractivity contribution in [3.8, 4) is 0 Å². The quantitative estimate of drug-likeness (QED) is 0.351. The van der Waals surface area contributed by atoms with E-state index in [0.29, 0.717) is 6.61 Å². The number of ether oxygens (including phenoxy) is 1. The molecule has 1 unspecified atom stereocenters. The molecule has 0 rings (SSSR count). The lowest BCUT2D eigenvalue weighted by Gasteiger charge is -2.17. The van der Waals surface area contributed by atoms with E-state index < -0.39 is 8.80 Å². The number of carbonyl (C=O) groups is 1. The first-order valence-corrected chi connectivity index (χ1v) is 9.77. The number of carbonyl (C=O) groups excluding carboxylic acids is 1.